The van der Waals surface area contributed by atoms with Gasteiger partial charge in [0, 0.05) is 12.1 Å². The van der Waals surface area contributed by atoms with Gasteiger partial charge < -0.3 is 19.9 Å². The van der Waals surface area contributed by atoms with E-state index in [0.29, 0.717) is 26.7 Å². The number of carbonyl (C=O) groups is 2. The number of halogens is 2. The van der Waals surface area contributed by atoms with Crippen LogP contribution in [0, 0.1) is 0 Å². The number of nitrogens with zero attached hydrogens (tertiary/aromatic N) is 3. The van der Waals surface area contributed by atoms with Gasteiger partial charge in [-0.3, -0.25) is 9.59 Å². The Bertz CT molecular complexity index is 1110. The molecule has 0 unspecified atom stereocenters. The van der Waals surface area contributed by atoms with Crippen molar-refractivity contribution in [3.8, 4) is 5.75 Å². The van der Waals surface area contributed by atoms with Crippen molar-refractivity contribution in [1.82, 2.24) is 20.1 Å². The van der Waals surface area contributed by atoms with Gasteiger partial charge >= 0.3 is 0 Å². The normalized spacial score (nSPS) is 10.6. The molecule has 3 rings (SSSR count). The number of rotatable bonds is 9. The molecule has 2 amide bonds. The first kappa shape index (κ1) is 23.9. The number of hydrogen-bond acceptors (Lipinski definition) is 6. The third-order valence-corrected chi connectivity index (χ3v) is 6.01. The number of hydrogen-bond donors (Lipinski definition) is 2. The predicted molar refractivity (Wildman–Crippen MR) is 125 cm³/mol. The minimum atomic E-state index is -0.253. The van der Waals surface area contributed by atoms with Crippen molar-refractivity contribution in [2.24, 2.45) is 7.05 Å². The van der Waals surface area contributed by atoms with Gasteiger partial charge in [-0.05, 0) is 35.9 Å². The Morgan fingerprint density at radius 2 is 1.84 bits per heavy atom. The van der Waals surface area contributed by atoms with Crippen LogP contribution in [0.5, 0.6) is 5.75 Å². The minimum absolute atomic E-state index is 0.110. The van der Waals surface area contributed by atoms with Crippen LogP contribution in [0.1, 0.15) is 11.4 Å². The molecule has 0 saturated carbocycles. The summed E-state index contributed by atoms with van der Waals surface area (Å²) in [4.78, 5) is 24.5. The SMILES string of the molecule is COc1ccc(CC(=O)NCc2nnc(SCC(=O)Nc3cc(Cl)ccc3Cl)n2C)cc1. The van der Waals surface area contributed by atoms with Crippen molar-refractivity contribution in [3.05, 3.63) is 63.9 Å². The van der Waals surface area contributed by atoms with Gasteiger partial charge in [0.1, 0.15) is 5.75 Å². The first-order chi connectivity index (χ1) is 15.4. The van der Waals surface area contributed by atoms with Gasteiger partial charge in [-0.15, -0.1) is 10.2 Å². The van der Waals surface area contributed by atoms with Crippen LogP contribution in [0.15, 0.2) is 47.6 Å². The molecule has 0 radical (unpaired) electrons. The fourth-order valence-corrected chi connectivity index (χ4v) is 3.77. The first-order valence-electron chi connectivity index (χ1n) is 9.51. The second-order valence-corrected chi connectivity index (χ2v) is 8.51. The lowest BCUT2D eigenvalue weighted by Crippen LogP contribution is -2.26. The van der Waals surface area contributed by atoms with Gasteiger partial charge in [0.25, 0.3) is 0 Å². The van der Waals surface area contributed by atoms with Gasteiger partial charge in [0.05, 0.1) is 36.5 Å². The smallest absolute Gasteiger partial charge is 0.234 e. The quantitative estimate of drug-likeness (QED) is 0.440. The fraction of sp³-hybridized carbons (Fsp3) is 0.238. The Hall–Kier alpha value is -2.75. The second-order valence-electron chi connectivity index (χ2n) is 6.72. The van der Waals surface area contributed by atoms with Gasteiger partial charge in [-0.2, -0.15) is 0 Å². The molecule has 0 aliphatic carbocycles. The van der Waals surface area contributed by atoms with Crippen LogP contribution in [-0.4, -0.2) is 39.4 Å². The summed E-state index contributed by atoms with van der Waals surface area (Å²) >= 11 is 13.2. The summed E-state index contributed by atoms with van der Waals surface area (Å²) in [6, 6.07) is 12.2. The third-order valence-electron chi connectivity index (χ3n) is 4.43. The molecule has 0 bridgehead atoms. The lowest BCUT2D eigenvalue weighted by Gasteiger charge is -2.08. The molecule has 0 aliphatic rings. The molecule has 1 aromatic heterocycles. The van der Waals surface area contributed by atoms with E-state index in [0.717, 1.165) is 11.3 Å². The average molecular weight is 494 g/mol. The summed E-state index contributed by atoms with van der Waals surface area (Å²) in [7, 11) is 3.37. The lowest BCUT2D eigenvalue weighted by molar-refractivity contribution is -0.120. The number of anilines is 1. The van der Waals surface area contributed by atoms with Crippen LogP contribution < -0.4 is 15.4 Å². The van der Waals surface area contributed by atoms with E-state index >= 15 is 0 Å². The number of thioether (sulfide) groups is 1. The lowest BCUT2D eigenvalue weighted by atomic mass is 10.1. The molecule has 8 nitrogen and oxygen atoms in total. The van der Waals surface area contributed by atoms with Crippen LogP contribution in [0.2, 0.25) is 10.0 Å². The molecule has 2 N–H and O–H groups in total. The van der Waals surface area contributed by atoms with Crippen molar-refractivity contribution in [3.63, 3.8) is 0 Å². The zero-order valence-corrected chi connectivity index (χ0v) is 19.7. The topological polar surface area (TPSA) is 98.1 Å². The van der Waals surface area contributed by atoms with E-state index in [1.54, 1.807) is 36.9 Å². The molecule has 11 heteroatoms. The van der Waals surface area contributed by atoms with Crippen molar-refractivity contribution < 1.29 is 14.3 Å². The molecule has 32 heavy (non-hydrogen) atoms. The van der Waals surface area contributed by atoms with Crippen LogP contribution in [0.3, 0.4) is 0 Å². The Labute approximate surface area is 199 Å². The van der Waals surface area contributed by atoms with Crippen LogP contribution in [-0.2, 0) is 29.6 Å². The van der Waals surface area contributed by atoms with Crippen LogP contribution in [0.4, 0.5) is 5.69 Å². The molecule has 0 spiro atoms. The zero-order chi connectivity index (χ0) is 23.1. The summed E-state index contributed by atoms with van der Waals surface area (Å²) < 4.78 is 6.85. The Morgan fingerprint density at radius 3 is 2.56 bits per heavy atom. The van der Waals surface area contributed by atoms with Crippen molar-refractivity contribution in [2.45, 2.75) is 18.1 Å². The third kappa shape index (κ3) is 6.62. The van der Waals surface area contributed by atoms with E-state index in [-0.39, 0.29) is 30.5 Å². The maximum Gasteiger partial charge on any atom is 0.234 e. The molecular weight excluding hydrogens is 473 g/mol. The van der Waals surface area contributed by atoms with E-state index in [9.17, 15) is 9.59 Å². The van der Waals surface area contributed by atoms with E-state index in [1.165, 1.54) is 11.8 Å². The van der Waals surface area contributed by atoms with Crippen molar-refractivity contribution in [2.75, 3.05) is 18.2 Å². The number of benzene rings is 2. The first-order valence-corrected chi connectivity index (χ1v) is 11.3. The molecule has 0 aliphatic heterocycles. The molecular formula is C21H21Cl2N5O3S. The summed E-state index contributed by atoms with van der Waals surface area (Å²) in [5.74, 6) is 1.04. The molecule has 168 valence electrons. The highest BCUT2D eigenvalue weighted by atomic mass is 35.5. The molecule has 0 fully saturated rings. The molecule has 0 atom stereocenters. The second kappa shape index (κ2) is 11.2. The van der Waals surface area contributed by atoms with E-state index in [4.69, 9.17) is 27.9 Å². The predicted octanol–water partition coefficient (Wildman–Crippen LogP) is 3.72. The van der Waals surface area contributed by atoms with Crippen LogP contribution >= 0.6 is 35.0 Å². The number of nitrogens with one attached hydrogen (secondary N) is 2. The molecule has 1 heterocycles. The number of carbonyl (C=O) groups excluding carboxylic acids is 2. The fourth-order valence-electron chi connectivity index (χ4n) is 2.70. The minimum Gasteiger partial charge on any atom is -0.497 e. The highest BCUT2D eigenvalue weighted by Crippen LogP contribution is 2.26. The van der Waals surface area contributed by atoms with Gasteiger partial charge in [-0.1, -0.05) is 47.1 Å². The van der Waals surface area contributed by atoms with E-state index in [2.05, 4.69) is 20.8 Å². The summed E-state index contributed by atoms with van der Waals surface area (Å²) in [6.07, 6.45) is 0.246. The maximum absolute atomic E-state index is 12.2. The van der Waals surface area contributed by atoms with Crippen molar-refractivity contribution in [1.29, 1.82) is 0 Å². The number of amides is 2. The summed E-state index contributed by atoms with van der Waals surface area (Å²) in [5.41, 5.74) is 1.33. The number of methoxy groups -OCH3 is 1. The van der Waals surface area contributed by atoms with Gasteiger partial charge in [-0.25, -0.2) is 0 Å². The zero-order valence-electron chi connectivity index (χ0n) is 17.4. The number of aromatic nitrogens is 3. The monoisotopic (exact) mass is 493 g/mol. The molecule has 0 saturated heterocycles. The Balaban J connectivity index is 1.48. The summed E-state index contributed by atoms with van der Waals surface area (Å²) in [5, 5.41) is 15.2. The average Bonchev–Trinajstić information content (AvgIpc) is 3.13. The highest BCUT2D eigenvalue weighted by molar-refractivity contribution is 7.99. The molecule has 3 aromatic rings. The maximum atomic E-state index is 12.2. The van der Waals surface area contributed by atoms with Crippen LogP contribution in [0.25, 0.3) is 0 Å². The number of ether oxygens (including phenoxy) is 1. The standard InChI is InChI=1S/C21H21Cl2N5O3S/c1-28-18(11-24-19(29)9-13-3-6-15(31-2)7-4-13)26-27-21(28)32-12-20(30)25-17-10-14(22)5-8-16(17)23/h3-8,10H,9,11-12H2,1-2H3,(H,24,29)(H,25,30). The summed E-state index contributed by atoms with van der Waals surface area (Å²) in [6.45, 7) is 0.226. The van der Waals surface area contributed by atoms with E-state index in [1.807, 2.05) is 24.3 Å². The Morgan fingerprint density at radius 1 is 1.09 bits per heavy atom. The van der Waals surface area contributed by atoms with Gasteiger partial charge in [0.2, 0.25) is 11.8 Å². The van der Waals surface area contributed by atoms with Gasteiger partial charge in [0.15, 0.2) is 11.0 Å². The molecule has 2 aromatic carbocycles. The van der Waals surface area contributed by atoms with E-state index < -0.39 is 0 Å². The largest absolute Gasteiger partial charge is 0.497 e. The van der Waals surface area contributed by atoms with Crippen molar-refractivity contribution >= 4 is 52.5 Å². The highest BCUT2D eigenvalue weighted by Gasteiger charge is 2.14. The Kier molecular flexibility index (Phi) is 8.38.